The van der Waals surface area contributed by atoms with Gasteiger partial charge in [-0.3, -0.25) is 4.79 Å². The molecule has 0 radical (unpaired) electrons. The third-order valence-corrected chi connectivity index (χ3v) is 4.15. The third-order valence-electron chi connectivity index (χ3n) is 4.15. The van der Waals surface area contributed by atoms with E-state index in [0.29, 0.717) is 4.90 Å². The predicted octanol–water partition coefficient (Wildman–Crippen LogP) is 3.59. The van der Waals surface area contributed by atoms with Crippen LogP contribution in [0.4, 0.5) is 32.3 Å². The van der Waals surface area contributed by atoms with Gasteiger partial charge >= 0.3 is 12.4 Å². The number of nitrogens with two attached hydrogens (primary N) is 1. The van der Waals surface area contributed by atoms with Crippen LogP contribution in [0.1, 0.15) is 28.4 Å². The number of aromatic nitrogens is 2. The minimum absolute atomic E-state index is 0.104. The zero-order valence-electron chi connectivity index (χ0n) is 16.8. The summed E-state index contributed by atoms with van der Waals surface area (Å²) >= 11 is 0. The van der Waals surface area contributed by atoms with E-state index in [-0.39, 0.29) is 30.0 Å². The Morgan fingerprint density at radius 2 is 1.70 bits per heavy atom. The first-order valence-corrected chi connectivity index (χ1v) is 8.95. The fourth-order valence-corrected chi connectivity index (χ4v) is 2.60. The second-order valence-corrected chi connectivity index (χ2v) is 6.36. The van der Waals surface area contributed by atoms with Crippen molar-refractivity contribution < 1.29 is 31.1 Å². The number of amides is 1. The average Bonchev–Trinajstić information content (AvgIpc) is 2.75. The number of alkyl halides is 6. The van der Waals surface area contributed by atoms with E-state index in [1.165, 1.54) is 25.4 Å². The maximum Gasteiger partial charge on any atom is 0.416 e. The first-order chi connectivity index (χ1) is 15.4. The highest BCUT2D eigenvalue weighted by atomic mass is 19.4. The van der Waals surface area contributed by atoms with Crippen LogP contribution in [-0.2, 0) is 12.4 Å². The van der Waals surface area contributed by atoms with Crippen LogP contribution in [-0.4, -0.2) is 45.5 Å². The van der Waals surface area contributed by atoms with Crippen molar-refractivity contribution in [3.05, 3.63) is 53.3 Å². The van der Waals surface area contributed by atoms with E-state index in [9.17, 15) is 31.1 Å². The van der Waals surface area contributed by atoms with Gasteiger partial charge in [-0.2, -0.15) is 36.6 Å². The van der Waals surface area contributed by atoms with E-state index in [0.717, 1.165) is 6.34 Å². The Kier molecular flexibility index (Phi) is 7.70. The lowest BCUT2D eigenvalue weighted by Gasteiger charge is -2.27. The number of benzene rings is 1. The summed E-state index contributed by atoms with van der Waals surface area (Å²) in [6.07, 6.45) is -6.80. The van der Waals surface area contributed by atoms with Crippen LogP contribution in [0.3, 0.4) is 0 Å². The molecule has 0 fully saturated rings. The molecule has 0 bridgehead atoms. The van der Waals surface area contributed by atoms with Crippen molar-refractivity contribution >= 4 is 24.0 Å². The largest absolute Gasteiger partial charge is 0.416 e. The van der Waals surface area contributed by atoms with Crippen molar-refractivity contribution in [3.63, 3.8) is 0 Å². The fraction of sp³-hybridized carbons (Fsp3) is 0.263. The Hall–Kier alpha value is -4.02. The average molecular weight is 471 g/mol. The van der Waals surface area contributed by atoms with Gasteiger partial charge in [0.1, 0.15) is 6.54 Å². The molecule has 0 aliphatic carbocycles. The molecule has 1 unspecified atom stereocenters. The van der Waals surface area contributed by atoms with Crippen LogP contribution in [0, 0.1) is 11.3 Å². The van der Waals surface area contributed by atoms with Gasteiger partial charge in [0.25, 0.3) is 11.9 Å². The highest BCUT2D eigenvalue weighted by molar-refractivity contribution is 6.01. The molecule has 33 heavy (non-hydrogen) atoms. The summed E-state index contributed by atoms with van der Waals surface area (Å²) in [6.45, 7) is 0.606. The molecule has 2 rings (SSSR count). The molecule has 1 heterocycles. The molecule has 2 N–H and O–H groups in total. The topological polar surface area (TPSA) is 121 Å². The number of carbonyl (C=O) groups is 1. The molecule has 174 valence electrons. The summed E-state index contributed by atoms with van der Waals surface area (Å²) in [5, 5.41) is 9.12. The molecular weight excluding hydrogens is 456 g/mol. The summed E-state index contributed by atoms with van der Waals surface area (Å²) < 4.78 is 79.0. The molecule has 8 nitrogen and oxygen atoms in total. The van der Waals surface area contributed by atoms with Crippen LogP contribution in [0.5, 0.6) is 0 Å². The minimum Gasteiger partial charge on any atom is -0.390 e. The third kappa shape index (κ3) is 6.48. The molecule has 14 heteroatoms. The number of halogens is 6. The van der Waals surface area contributed by atoms with Crippen LogP contribution >= 0.6 is 0 Å². The molecule has 2 aromatic rings. The summed E-state index contributed by atoms with van der Waals surface area (Å²) in [7, 11) is 0. The van der Waals surface area contributed by atoms with Crippen molar-refractivity contribution in [1.82, 2.24) is 14.9 Å². The van der Waals surface area contributed by atoms with E-state index in [4.69, 9.17) is 11.0 Å². The van der Waals surface area contributed by atoms with Crippen LogP contribution in [0.25, 0.3) is 0 Å². The summed E-state index contributed by atoms with van der Waals surface area (Å²) in [4.78, 5) is 29.1. The van der Waals surface area contributed by atoms with E-state index in [2.05, 4.69) is 20.0 Å². The summed E-state index contributed by atoms with van der Waals surface area (Å²) in [5.41, 5.74) is 1.02. The van der Waals surface area contributed by atoms with Gasteiger partial charge in [0, 0.05) is 18.0 Å². The Morgan fingerprint density at radius 1 is 1.15 bits per heavy atom. The van der Waals surface area contributed by atoms with Crippen LogP contribution < -0.4 is 5.73 Å². The van der Waals surface area contributed by atoms with Gasteiger partial charge in [-0.25, -0.2) is 15.0 Å². The van der Waals surface area contributed by atoms with Crippen molar-refractivity contribution in [1.29, 1.82) is 5.26 Å². The molecular formula is C19H15F6N7O. The van der Waals surface area contributed by atoms with Gasteiger partial charge in [-0.15, -0.1) is 0 Å². The Balaban J connectivity index is 2.57. The van der Waals surface area contributed by atoms with Gasteiger partial charge in [-0.1, -0.05) is 0 Å². The van der Waals surface area contributed by atoms with E-state index >= 15 is 0 Å². The minimum atomic E-state index is -5.15. The predicted molar refractivity (Wildman–Crippen MR) is 104 cm³/mol. The number of hydrogen-bond acceptors (Lipinski definition) is 5. The summed E-state index contributed by atoms with van der Waals surface area (Å²) in [6, 6.07) is 2.38. The monoisotopic (exact) mass is 471 g/mol. The van der Waals surface area contributed by atoms with E-state index in [1.54, 1.807) is 6.07 Å². The zero-order valence-corrected chi connectivity index (χ0v) is 16.8. The number of rotatable bonds is 5. The molecule has 0 aliphatic rings. The first-order valence-electron chi connectivity index (χ1n) is 8.95. The fourth-order valence-electron chi connectivity index (χ4n) is 2.60. The Labute approximate surface area is 183 Å². The first kappa shape index (κ1) is 25.2. The molecule has 1 aromatic carbocycles. The second-order valence-electron chi connectivity index (χ2n) is 6.36. The molecule has 1 atom stereocenters. The van der Waals surface area contributed by atoms with Gasteiger partial charge in [0.2, 0.25) is 0 Å². The molecule has 1 amide bonds. The SMILES string of the molecule is CC(C(N=CN)=Nc1ncccn1)N(CC#N)C(=O)c1cc(C(F)(F)F)cc(C(F)(F)F)c1. The Morgan fingerprint density at radius 3 is 2.15 bits per heavy atom. The maximum absolute atomic E-state index is 13.2. The van der Waals surface area contributed by atoms with E-state index < -0.39 is 47.5 Å². The molecule has 1 aromatic heterocycles. The maximum atomic E-state index is 13.2. The highest BCUT2D eigenvalue weighted by Crippen LogP contribution is 2.36. The zero-order chi connectivity index (χ0) is 24.8. The van der Waals surface area contributed by atoms with Gasteiger partial charge in [-0.05, 0) is 31.2 Å². The Bertz CT molecular complexity index is 1060. The van der Waals surface area contributed by atoms with Crippen molar-refractivity contribution in [2.75, 3.05) is 6.54 Å². The second kappa shape index (κ2) is 10.1. The number of nitriles is 1. The molecule has 0 spiro atoms. The van der Waals surface area contributed by atoms with Gasteiger partial charge < -0.3 is 10.6 Å². The number of hydrogen-bond donors (Lipinski definition) is 1. The normalized spacial score (nSPS) is 13.6. The summed E-state index contributed by atoms with van der Waals surface area (Å²) in [5.74, 6) is -1.60. The molecule has 0 saturated heterocycles. The lowest BCUT2D eigenvalue weighted by Crippen LogP contribution is -2.43. The van der Waals surface area contributed by atoms with Crippen molar-refractivity contribution in [3.8, 4) is 6.07 Å². The quantitative estimate of drug-likeness (QED) is 0.309. The highest BCUT2D eigenvalue weighted by Gasteiger charge is 2.38. The van der Waals surface area contributed by atoms with Crippen LogP contribution in [0.15, 0.2) is 46.6 Å². The lowest BCUT2D eigenvalue weighted by atomic mass is 10.0. The van der Waals surface area contributed by atoms with Crippen molar-refractivity contribution in [2.24, 2.45) is 15.7 Å². The number of nitrogens with zero attached hydrogens (tertiary/aromatic N) is 6. The number of amidine groups is 1. The standard InChI is InChI=1S/C19H15F6N7O/c1-11(15(30-10-27)31-17-28-4-2-5-29-17)32(6-3-26)16(33)12-7-13(18(20,21)22)9-14(8-12)19(23,24)25/h2,4-5,7-11H,6H2,1H3,(H2,27,28,29,30,31). The van der Waals surface area contributed by atoms with Gasteiger partial charge in [0.15, 0.2) is 5.84 Å². The van der Waals surface area contributed by atoms with Gasteiger partial charge in [0.05, 0.1) is 29.6 Å². The number of aliphatic imine (C=N–C) groups is 2. The number of carbonyl (C=O) groups excluding carboxylic acids is 1. The van der Waals surface area contributed by atoms with E-state index in [1.807, 2.05) is 0 Å². The van der Waals surface area contributed by atoms with Crippen LogP contribution in [0.2, 0.25) is 0 Å². The lowest BCUT2D eigenvalue weighted by molar-refractivity contribution is -0.143. The molecule has 0 aliphatic heterocycles. The smallest absolute Gasteiger partial charge is 0.390 e. The molecule has 0 saturated carbocycles. The van der Waals surface area contributed by atoms with Crippen molar-refractivity contribution in [2.45, 2.75) is 25.3 Å².